The van der Waals surface area contributed by atoms with Crippen molar-refractivity contribution in [3.8, 4) is 17.1 Å². The van der Waals surface area contributed by atoms with Gasteiger partial charge in [0.05, 0.1) is 31.2 Å². The van der Waals surface area contributed by atoms with Crippen LogP contribution >= 0.6 is 11.8 Å². The number of ether oxygens (including phenoxy) is 1. The van der Waals surface area contributed by atoms with Gasteiger partial charge in [-0.1, -0.05) is 23.9 Å². The van der Waals surface area contributed by atoms with E-state index in [0.29, 0.717) is 23.3 Å². The molecule has 1 aliphatic heterocycles. The van der Waals surface area contributed by atoms with Crippen LogP contribution in [0.15, 0.2) is 52.2 Å². The van der Waals surface area contributed by atoms with Crippen molar-refractivity contribution in [2.75, 3.05) is 26.0 Å². The van der Waals surface area contributed by atoms with Crippen LogP contribution in [0.5, 0.6) is 5.75 Å². The van der Waals surface area contributed by atoms with E-state index in [1.54, 1.807) is 13.4 Å². The van der Waals surface area contributed by atoms with Crippen LogP contribution in [0.2, 0.25) is 0 Å². The number of hydrogen-bond donors (Lipinski definition) is 0. The van der Waals surface area contributed by atoms with Gasteiger partial charge in [-0.3, -0.25) is 9.36 Å². The summed E-state index contributed by atoms with van der Waals surface area (Å²) in [5, 5.41) is 9.47. The fourth-order valence-corrected chi connectivity index (χ4v) is 4.33. The molecule has 0 spiro atoms. The summed E-state index contributed by atoms with van der Waals surface area (Å²) >= 11 is 1.42. The van der Waals surface area contributed by atoms with Gasteiger partial charge in [0.1, 0.15) is 11.5 Å². The zero-order chi connectivity index (χ0) is 20.1. The number of nitrogens with zero attached hydrogens (tertiary/aromatic N) is 4. The fourth-order valence-electron chi connectivity index (χ4n) is 3.49. The first kappa shape index (κ1) is 19.6. The molecule has 29 heavy (non-hydrogen) atoms. The summed E-state index contributed by atoms with van der Waals surface area (Å²) < 4.78 is 13.0. The van der Waals surface area contributed by atoms with Crippen molar-refractivity contribution >= 4 is 17.7 Å². The number of carbonyl (C=O) groups excluding carboxylic acids is 1. The van der Waals surface area contributed by atoms with Crippen LogP contribution in [0.1, 0.15) is 25.0 Å². The minimum Gasteiger partial charge on any atom is -0.496 e. The van der Waals surface area contributed by atoms with Crippen LogP contribution in [-0.2, 0) is 11.3 Å². The Hall–Kier alpha value is -2.74. The normalized spacial score (nSPS) is 14.2. The summed E-state index contributed by atoms with van der Waals surface area (Å²) in [6, 6.07) is 11.5. The van der Waals surface area contributed by atoms with Gasteiger partial charge in [0.2, 0.25) is 5.91 Å². The van der Waals surface area contributed by atoms with E-state index in [-0.39, 0.29) is 5.91 Å². The summed E-state index contributed by atoms with van der Waals surface area (Å²) in [6.45, 7) is 2.18. The highest BCUT2D eigenvalue weighted by Gasteiger charge is 2.21. The first-order chi connectivity index (χ1) is 14.3. The van der Waals surface area contributed by atoms with Crippen LogP contribution < -0.4 is 4.74 Å². The lowest BCUT2D eigenvalue weighted by Gasteiger charge is -2.26. The molecule has 4 rings (SSSR count). The molecule has 1 saturated heterocycles. The number of piperidine rings is 1. The fraction of sp³-hybridized carbons (Fsp3) is 0.381. The maximum Gasteiger partial charge on any atom is 0.233 e. The van der Waals surface area contributed by atoms with Crippen LogP contribution in [-0.4, -0.2) is 51.5 Å². The average molecular weight is 413 g/mol. The van der Waals surface area contributed by atoms with E-state index in [9.17, 15) is 4.79 Å². The number of thioether (sulfide) groups is 1. The van der Waals surface area contributed by atoms with E-state index in [1.807, 2.05) is 45.9 Å². The molecule has 7 nitrogen and oxygen atoms in total. The maximum absolute atomic E-state index is 12.6. The van der Waals surface area contributed by atoms with Gasteiger partial charge < -0.3 is 14.1 Å². The quantitative estimate of drug-likeness (QED) is 0.551. The minimum absolute atomic E-state index is 0.154. The second-order valence-corrected chi connectivity index (χ2v) is 7.84. The number of furan rings is 1. The smallest absolute Gasteiger partial charge is 0.233 e. The molecule has 8 heteroatoms. The molecule has 0 N–H and O–H groups in total. The number of methoxy groups -OCH3 is 1. The summed E-state index contributed by atoms with van der Waals surface area (Å²) in [5.41, 5.74) is 0.850. The monoisotopic (exact) mass is 412 g/mol. The molecule has 0 unspecified atom stereocenters. The predicted molar refractivity (Wildman–Crippen MR) is 111 cm³/mol. The Morgan fingerprint density at radius 1 is 1.14 bits per heavy atom. The molecule has 3 aromatic rings. The highest BCUT2D eigenvalue weighted by atomic mass is 32.2. The van der Waals surface area contributed by atoms with Crippen molar-refractivity contribution in [2.24, 2.45) is 0 Å². The van der Waals surface area contributed by atoms with Crippen molar-refractivity contribution in [3.05, 3.63) is 48.4 Å². The van der Waals surface area contributed by atoms with E-state index in [2.05, 4.69) is 10.2 Å². The number of carbonyl (C=O) groups is 1. The van der Waals surface area contributed by atoms with Gasteiger partial charge in [-0.25, -0.2) is 0 Å². The third kappa shape index (κ3) is 4.48. The second-order valence-electron chi connectivity index (χ2n) is 6.90. The van der Waals surface area contributed by atoms with Gasteiger partial charge in [-0.05, 0) is 43.5 Å². The van der Waals surface area contributed by atoms with Gasteiger partial charge in [0.15, 0.2) is 11.0 Å². The van der Waals surface area contributed by atoms with E-state index in [0.717, 1.165) is 43.0 Å². The standard InChI is InChI=1S/C21H24N4O3S/c1-27-18-10-4-3-9-17(18)20-22-23-21(25(20)14-16-8-7-13-28-16)29-15-19(26)24-11-5-2-6-12-24/h3-4,7-10,13H,2,5-6,11-12,14-15H2,1H3. The molecule has 0 saturated carbocycles. The van der Waals surface area contributed by atoms with Crippen LogP contribution in [0.4, 0.5) is 0 Å². The zero-order valence-corrected chi connectivity index (χ0v) is 17.2. The lowest BCUT2D eigenvalue weighted by molar-refractivity contribution is -0.129. The molecular weight excluding hydrogens is 388 g/mol. The molecule has 0 aliphatic carbocycles. The third-order valence-corrected chi connectivity index (χ3v) is 5.94. The van der Waals surface area contributed by atoms with E-state index >= 15 is 0 Å². The number of benzene rings is 1. The molecule has 1 amide bonds. The molecule has 1 aromatic carbocycles. The van der Waals surface area contributed by atoms with Gasteiger partial charge in [-0.15, -0.1) is 10.2 Å². The SMILES string of the molecule is COc1ccccc1-c1nnc(SCC(=O)N2CCCCC2)n1Cc1ccco1. The first-order valence-corrected chi connectivity index (χ1v) is 10.7. The summed E-state index contributed by atoms with van der Waals surface area (Å²) in [6.07, 6.45) is 5.03. The number of rotatable bonds is 7. The Bertz CT molecular complexity index is 949. The Morgan fingerprint density at radius 2 is 1.97 bits per heavy atom. The van der Waals surface area contributed by atoms with Crippen LogP contribution in [0, 0.1) is 0 Å². The Balaban J connectivity index is 1.59. The molecule has 1 fully saturated rings. The second kappa shape index (κ2) is 9.17. The zero-order valence-electron chi connectivity index (χ0n) is 16.4. The molecular formula is C21H24N4O3S. The maximum atomic E-state index is 12.6. The number of likely N-dealkylation sites (tertiary alicyclic amines) is 1. The molecule has 3 heterocycles. The minimum atomic E-state index is 0.154. The van der Waals surface area contributed by atoms with Crippen molar-refractivity contribution in [2.45, 2.75) is 31.0 Å². The third-order valence-electron chi connectivity index (χ3n) is 4.99. The van der Waals surface area contributed by atoms with Gasteiger partial charge >= 0.3 is 0 Å². The van der Waals surface area contributed by atoms with Crippen LogP contribution in [0.25, 0.3) is 11.4 Å². The lowest BCUT2D eigenvalue weighted by Crippen LogP contribution is -2.36. The molecule has 0 bridgehead atoms. The Labute approximate surface area is 174 Å². The summed E-state index contributed by atoms with van der Waals surface area (Å²) in [4.78, 5) is 14.5. The van der Waals surface area contributed by atoms with Crippen molar-refractivity contribution in [3.63, 3.8) is 0 Å². The van der Waals surface area contributed by atoms with Crippen molar-refractivity contribution in [1.29, 1.82) is 0 Å². The highest BCUT2D eigenvalue weighted by molar-refractivity contribution is 7.99. The number of amides is 1. The van der Waals surface area contributed by atoms with E-state index in [4.69, 9.17) is 9.15 Å². The molecule has 0 radical (unpaired) electrons. The van der Waals surface area contributed by atoms with Gasteiger partial charge in [0, 0.05) is 13.1 Å². The molecule has 152 valence electrons. The molecule has 0 atom stereocenters. The number of hydrogen-bond acceptors (Lipinski definition) is 6. The summed E-state index contributed by atoms with van der Waals surface area (Å²) in [5.74, 6) is 2.71. The van der Waals surface area contributed by atoms with Crippen molar-refractivity contribution < 1.29 is 13.9 Å². The lowest BCUT2D eigenvalue weighted by atomic mass is 10.1. The topological polar surface area (TPSA) is 73.4 Å². The molecule has 2 aromatic heterocycles. The number of para-hydroxylation sites is 1. The van der Waals surface area contributed by atoms with Crippen molar-refractivity contribution in [1.82, 2.24) is 19.7 Å². The Kier molecular flexibility index (Phi) is 6.19. The largest absolute Gasteiger partial charge is 0.496 e. The number of aromatic nitrogens is 3. The first-order valence-electron chi connectivity index (χ1n) is 9.76. The van der Waals surface area contributed by atoms with Crippen LogP contribution in [0.3, 0.4) is 0 Å². The Morgan fingerprint density at radius 3 is 2.72 bits per heavy atom. The highest BCUT2D eigenvalue weighted by Crippen LogP contribution is 2.31. The van der Waals surface area contributed by atoms with E-state index < -0.39 is 0 Å². The average Bonchev–Trinajstić information content (AvgIpc) is 3.43. The van der Waals surface area contributed by atoms with Gasteiger partial charge in [0.25, 0.3) is 0 Å². The van der Waals surface area contributed by atoms with E-state index in [1.165, 1.54) is 18.2 Å². The molecule has 1 aliphatic rings. The summed E-state index contributed by atoms with van der Waals surface area (Å²) in [7, 11) is 1.64. The predicted octanol–water partition coefficient (Wildman–Crippen LogP) is 3.70. The van der Waals surface area contributed by atoms with Gasteiger partial charge in [-0.2, -0.15) is 0 Å².